The van der Waals surface area contributed by atoms with Crippen molar-refractivity contribution in [3.8, 4) is 0 Å². The van der Waals surface area contributed by atoms with Crippen molar-refractivity contribution in [2.75, 3.05) is 5.73 Å². The summed E-state index contributed by atoms with van der Waals surface area (Å²) < 4.78 is 2.20. The Balaban J connectivity index is 2.11. The highest BCUT2D eigenvalue weighted by molar-refractivity contribution is 6.35. The third-order valence-electron chi connectivity index (χ3n) is 4.74. The quantitative estimate of drug-likeness (QED) is 0.891. The number of nitrogens with two attached hydrogens (primary N) is 1. The number of imidazole rings is 1. The number of halogens is 1. The summed E-state index contributed by atoms with van der Waals surface area (Å²) in [6.45, 7) is 4.61. The number of rotatable bonds is 2. The molecule has 0 saturated heterocycles. The van der Waals surface area contributed by atoms with Crippen molar-refractivity contribution in [3.63, 3.8) is 0 Å². The van der Waals surface area contributed by atoms with Crippen LogP contribution in [0, 0.1) is 11.8 Å². The van der Waals surface area contributed by atoms with Gasteiger partial charge in [0, 0.05) is 6.04 Å². The first-order valence-corrected chi connectivity index (χ1v) is 7.43. The summed E-state index contributed by atoms with van der Waals surface area (Å²) in [4.78, 5) is 4.45. The first kappa shape index (κ1) is 12.8. The Morgan fingerprint density at radius 3 is 2.89 bits per heavy atom. The minimum atomic E-state index is 0.452. The van der Waals surface area contributed by atoms with E-state index in [-0.39, 0.29) is 0 Å². The summed E-state index contributed by atoms with van der Waals surface area (Å²) in [5, 5.41) is 0.681. The molecule has 2 N–H and O–H groups in total. The molecule has 1 aliphatic rings. The van der Waals surface area contributed by atoms with Gasteiger partial charge in [-0.2, -0.15) is 0 Å². The van der Waals surface area contributed by atoms with Gasteiger partial charge < -0.3 is 10.3 Å². The van der Waals surface area contributed by atoms with Gasteiger partial charge >= 0.3 is 0 Å². The SMILES string of the molecule is CCC1CCC(n2c(N)nc3c(Cl)cccc32)C1C. The van der Waals surface area contributed by atoms with Crippen LogP contribution in [-0.4, -0.2) is 9.55 Å². The molecule has 0 bridgehead atoms. The van der Waals surface area contributed by atoms with Crippen molar-refractivity contribution in [1.82, 2.24) is 9.55 Å². The smallest absolute Gasteiger partial charge is 0.201 e. The van der Waals surface area contributed by atoms with Gasteiger partial charge in [0.15, 0.2) is 0 Å². The highest BCUT2D eigenvalue weighted by Gasteiger charge is 2.34. The second-order valence-corrected chi connectivity index (χ2v) is 6.03. The highest BCUT2D eigenvalue weighted by Crippen LogP contribution is 2.44. The van der Waals surface area contributed by atoms with Gasteiger partial charge in [0.25, 0.3) is 0 Å². The zero-order chi connectivity index (χ0) is 13.6. The number of benzene rings is 1. The fourth-order valence-corrected chi connectivity index (χ4v) is 3.83. The first-order chi connectivity index (χ1) is 9.13. The van der Waals surface area contributed by atoms with Crippen molar-refractivity contribution in [3.05, 3.63) is 23.2 Å². The maximum atomic E-state index is 6.21. The molecule has 0 aliphatic heterocycles. The first-order valence-electron chi connectivity index (χ1n) is 7.05. The second-order valence-electron chi connectivity index (χ2n) is 5.62. The summed E-state index contributed by atoms with van der Waals surface area (Å²) in [5.74, 6) is 2.03. The second kappa shape index (κ2) is 4.71. The molecular weight excluding hydrogens is 258 g/mol. The molecule has 3 atom stereocenters. The average molecular weight is 278 g/mol. The van der Waals surface area contributed by atoms with E-state index < -0.39 is 0 Å². The minimum Gasteiger partial charge on any atom is -0.369 e. The lowest BCUT2D eigenvalue weighted by Gasteiger charge is -2.22. The van der Waals surface area contributed by atoms with Crippen LogP contribution in [0.15, 0.2) is 18.2 Å². The van der Waals surface area contributed by atoms with Crippen LogP contribution >= 0.6 is 11.6 Å². The number of nitrogen functional groups attached to an aromatic ring is 1. The van der Waals surface area contributed by atoms with Crippen molar-refractivity contribution in [2.24, 2.45) is 11.8 Å². The van der Waals surface area contributed by atoms with Gasteiger partial charge in [0.05, 0.1) is 10.5 Å². The number of fused-ring (bicyclic) bond motifs is 1. The molecule has 3 rings (SSSR count). The van der Waals surface area contributed by atoms with E-state index in [0.717, 1.165) is 17.0 Å². The largest absolute Gasteiger partial charge is 0.369 e. The molecule has 1 fully saturated rings. The van der Waals surface area contributed by atoms with Gasteiger partial charge in [-0.3, -0.25) is 0 Å². The average Bonchev–Trinajstić information content (AvgIpc) is 2.90. The van der Waals surface area contributed by atoms with Crippen LogP contribution in [0.25, 0.3) is 11.0 Å². The van der Waals surface area contributed by atoms with Crippen LogP contribution in [0.4, 0.5) is 5.95 Å². The third kappa shape index (κ3) is 1.91. The summed E-state index contributed by atoms with van der Waals surface area (Å²) >= 11 is 6.21. The van der Waals surface area contributed by atoms with Crippen LogP contribution in [0.3, 0.4) is 0 Å². The molecule has 3 nitrogen and oxygen atoms in total. The zero-order valence-corrected chi connectivity index (χ0v) is 12.2. The maximum Gasteiger partial charge on any atom is 0.201 e. The standard InChI is InChI=1S/C15H20ClN3/c1-3-10-7-8-12(9(10)2)19-13-6-4-5-11(16)14(13)18-15(19)17/h4-6,9-10,12H,3,7-8H2,1-2H3,(H2,17,18). The predicted octanol–water partition coefficient (Wildman–Crippen LogP) is 4.27. The molecule has 0 amide bonds. The van der Waals surface area contributed by atoms with E-state index in [9.17, 15) is 0 Å². The van der Waals surface area contributed by atoms with E-state index in [0.29, 0.717) is 22.9 Å². The molecule has 3 unspecified atom stereocenters. The topological polar surface area (TPSA) is 43.8 Å². The Morgan fingerprint density at radius 1 is 1.42 bits per heavy atom. The van der Waals surface area contributed by atoms with E-state index in [2.05, 4.69) is 29.5 Å². The van der Waals surface area contributed by atoms with Crippen molar-refractivity contribution < 1.29 is 0 Å². The van der Waals surface area contributed by atoms with Gasteiger partial charge in [0.2, 0.25) is 5.95 Å². The molecule has 102 valence electrons. The summed E-state index contributed by atoms with van der Waals surface area (Å²) in [5.41, 5.74) is 8.04. The Bertz CT molecular complexity index is 605. The fraction of sp³-hybridized carbons (Fsp3) is 0.533. The number of anilines is 1. The van der Waals surface area contributed by atoms with Crippen molar-refractivity contribution >= 4 is 28.6 Å². The van der Waals surface area contributed by atoms with Crippen LogP contribution in [0.2, 0.25) is 5.02 Å². The Kier molecular flexibility index (Phi) is 3.17. The molecule has 1 saturated carbocycles. The van der Waals surface area contributed by atoms with Crippen molar-refractivity contribution in [2.45, 2.75) is 39.2 Å². The van der Waals surface area contributed by atoms with E-state index in [4.69, 9.17) is 17.3 Å². The van der Waals surface area contributed by atoms with E-state index in [1.165, 1.54) is 19.3 Å². The fourth-order valence-electron chi connectivity index (χ4n) is 3.61. The molecule has 4 heteroatoms. The molecule has 2 aromatic rings. The highest BCUT2D eigenvalue weighted by atomic mass is 35.5. The summed E-state index contributed by atoms with van der Waals surface area (Å²) in [7, 11) is 0. The van der Waals surface area contributed by atoms with E-state index in [1.807, 2.05) is 12.1 Å². The normalized spacial score (nSPS) is 27.2. The molecule has 19 heavy (non-hydrogen) atoms. The number of para-hydroxylation sites is 1. The number of aromatic nitrogens is 2. The Labute approximate surface area is 118 Å². The molecule has 0 radical (unpaired) electrons. The monoisotopic (exact) mass is 277 g/mol. The molecule has 1 aliphatic carbocycles. The van der Waals surface area contributed by atoms with Crippen LogP contribution in [0.1, 0.15) is 39.2 Å². The molecule has 1 heterocycles. The zero-order valence-electron chi connectivity index (χ0n) is 11.4. The number of hydrogen-bond donors (Lipinski definition) is 1. The molecule has 1 aromatic carbocycles. The number of hydrogen-bond acceptors (Lipinski definition) is 2. The van der Waals surface area contributed by atoms with Gasteiger partial charge in [0.1, 0.15) is 5.52 Å². The third-order valence-corrected chi connectivity index (χ3v) is 5.04. The predicted molar refractivity (Wildman–Crippen MR) is 80.4 cm³/mol. The van der Waals surface area contributed by atoms with Gasteiger partial charge in [-0.1, -0.05) is 37.9 Å². The van der Waals surface area contributed by atoms with Crippen LogP contribution < -0.4 is 5.73 Å². The number of nitrogens with zero attached hydrogens (tertiary/aromatic N) is 2. The van der Waals surface area contributed by atoms with Gasteiger partial charge in [-0.05, 0) is 36.8 Å². The van der Waals surface area contributed by atoms with Crippen LogP contribution in [0.5, 0.6) is 0 Å². The minimum absolute atomic E-state index is 0.452. The lowest BCUT2D eigenvalue weighted by Crippen LogP contribution is -2.17. The summed E-state index contributed by atoms with van der Waals surface area (Å²) in [6, 6.07) is 6.36. The Morgan fingerprint density at radius 2 is 2.21 bits per heavy atom. The van der Waals surface area contributed by atoms with Crippen LogP contribution in [-0.2, 0) is 0 Å². The van der Waals surface area contributed by atoms with E-state index in [1.54, 1.807) is 0 Å². The molecular formula is C15H20ClN3. The van der Waals surface area contributed by atoms with Gasteiger partial charge in [-0.15, -0.1) is 0 Å². The maximum absolute atomic E-state index is 6.21. The molecule has 0 spiro atoms. The molecule has 1 aromatic heterocycles. The lowest BCUT2D eigenvalue weighted by atomic mass is 9.93. The summed E-state index contributed by atoms with van der Waals surface area (Å²) in [6.07, 6.45) is 3.70. The van der Waals surface area contributed by atoms with E-state index >= 15 is 0 Å². The van der Waals surface area contributed by atoms with Gasteiger partial charge in [-0.25, -0.2) is 4.98 Å². The van der Waals surface area contributed by atoms with Crippen molar-refractivity contribution in [1.29, 1.82) is 0 Å². The lowest BCUT2D eigenvalue weighted by molar-refractivity contribution is 0.336. The Hall–Kier alpha value is -1.22.